The second-order valence-corrected chi connectivity index (χ2v) is 7.24. The van der Waals surface area contributed by atoms with E-state index in [9.17, 15) is 14.4 Å². The van der Waals surface area contributed by atoms with Crippen molar-refractivity contribution in [3.63, 3.8) is 0 Å². The van der Waals surface area contributed by atoms with Crippen molar-refractivity contribution in [2.45, 2.75) is 53.9 Å². The van der Waals surface area contributed by atoms with Crippen molar-refractivity contribution in [1.29, 1.82) is 0 Å². The maximum Gasteiger partial charge on any atom is 0.308 e. The summed E-state index contributed by atoms with van der Waals surface area (Å²) in [5, 5.41) is 0. The molecular formula is C22H26O4. The van der Waals surface area contributed by atoms with Gasteiger partial charge in [0.1, 0.15) is 0 Å². The molecule has 0 unspecified atom stereocenters. The van der Waals surface area contributed by atoms with Crippen LogP contribution in [0.25, 0.3) is 0 Å². The molecule has 0 radical (unpaired) electrons. The van der Waals surface area contributed by atoms with Crippen LogP contribution in [0.2, 0.25) is 0 Å². The summed E-state index contributed by atoms with van der Waals surface area (Å²) in [6, 6.07) is 3.59. The van der Waals surface area contributed by atoms with Crippen molar-refractivity contribution >= 4 is 17.5 Å². The van der Waals surface area contributed by atoms with E-state index in [1.807, 2.05) is 33.8 Å². The maximum absolute atomic E-state index is 13.2. The Morgan fingerprint density at radius 2 is 1.81 bits per heavy atom. The van der Waals surface area contributed by atoms with Gasteiger partial charge in [0.05, 0.1) is 0 Å². The molecule has 2 rings (SSSR count). The molecule has 0 aromatic heterocycles. The van der Waals surface area contributed by atoms with Crippen LogP contribution in [0.4, 0.5) is 0 Å². The second-order valence-electron chi connectivity index (χ2n) is 7.24. The summed E-state index contributed by atoms with van der Waals surface area (Å²) in [4.78, 5) is 37.7. The number of benzene rings is 1. The van der Waals surface area contributed by atoms with Crippen LogP contribution >= 0.6 is 0 Å². The number of hydrogen-bond acceptors (Lipinski definition) is 4. The van der Waals surface area contributed by atoms with E-state index in [-0.39, 0.29) is 28.8 Å². The number of hydrogen-bond donors (Lipinski definition) is 0. The van der Waals surface area contributed by atoms with E-state index in [0.29, 0.717) is 17.5 Å². The Balaban J connectivity index is 2.60. The van der Waals surface area contributed by atoms with E-state index in [1.54, 1.807) is 6.07 Å². The van der Waals surface area contributed by atoms with Gasteiger partial charge in [-0.15, -0.1) is 6.58 Å². The fourth-order valence-corrected chi connectivity index (χ4v) is 3.34. The minimum atomic E-state index is -0.598. The van der Waals surface area contributed by atoms with Gasteiger partial charge in [-0.1, -0.05) is 31.6 Å². The Morgan fingerprint density at radius 1 is 1.15 bits per heavy atom. The first-order chi connectivity index (χ1) is 12.1. The molecule has 1 aromatic carbocycles. The Labute approximate surface area is 154 Å². The predicted octanol–water partition coefficient (Wildman–Crippen LogP) is 4.75. The average Bonchev–Trinajstić information content (AvgIpc) is 2.52. The number of rotatable bonds is 6. The second kappa shape index (κ2) is 7.81. The van der Waals surface area contributed by atoms with Crippen LogP contribution in [0.3, 0.4) is 0 Å². The van der Waals surface area contributed by atoms with Gasteiger partial charge in [-0.3, -0.25) is 14.4 Å². The van der Waals surface area contributed by atoms with E-state index in [1.165, 1.54) is 6.92 Å². The lowest BCUT2D eigenvalue weighted by Crippen LogP contribution is -2.28. The van der Waals surface area contributed by atoms with Crippen LogP contribution in [0.15, 0.2) is 35.6 Å². The number of aryl methyl sites for hydroxylation is 1. The zero-order valence-electron chi connectivity index (χ0n) is 16.2. The third-order valence-electron chi connectivity index (χ3n) is 4.57. The van der Waals surface area contributed by atoms with Crippen molar-refractivity contribution in [2.24, 2.45) is 5.92 Å². The maximum atomic E-state index is 13.2. The molecule has 0 saturated heterocycles. The van der Waals surface area contributed by atoms with Crippen molar-refractivity contribution in [1.82, 2.24) is 0 Å². The Morgan fingerprint density at radius 3 is 2.35 bits per heavy atom. The zero-order chi connectivity index (χ0) is 19.6. The SMILES string of the molecule is C=C(C)CCCc1c(C)ccc2c1C(=O)C(OC(C)=O)=C(C(C)C)C2=O. The fraction of sp³-hybridized carbons (Fsp3) is 0.409. The minimum Gasteiger partial charge on any atom is -0.422 e. The number of carbonyl (C=O) groups is 3. The van der Waals surface area contributed by atoms with Gasteiger partial charge in [-0.25, -0.2) is 0 Å². The lowest BCUT2D eigenvalue weighted by atomic mass is 9.79. The monoisotopic (exact) mass is 354 g/mol. The van der Waals surface area contributed by atoms with Crippen LogP contribution in [-0.4, -0.2) is 17.5 Å². The van der Waals surface area contributed by atoms with Gasteiger partial charge in [0.15, 0.2) is 11.5 Å². The number of ether oxygens (including phenoxy) is 1. The first-order valence-corrected chi connectivity index (χ1v) is 8.94. The number of esters is 1. The van der Waals surface area contributed by atoms with Gasteiger partial charge < -0.3 is 4.74 Å². The van der Waals surface area contributed by atoms with Crippen LogP contribution in [0.5, 0.6) is 0 Å². The molecule has 138 valence electrons. The molecule has 1 aliphatic rings. The van der Waals surface area contributed by atoms with Crippen molar-refractivity contribution in [3.8, 4) is 0 Å². The molecule has 0 aliphatic heterocycles. The highest BCUT2D eigenvalue weighted by Crippen LogP contribution is 2.34. The van der Waals surface area contributed by atoms with E-state index in [0.717, 1.165) is 29.5 Å². The highest BCUT2D eigenvalue weighted by atomic mass is 16.5. The Kier molecular flexibility index (Phi) is 5.96. The molecule has 0 N–H and O–H groups in total. The first-order valence-electron chi connectivity index (χ1n) is 8.94. The number of allylic oxidation sites excluding steroid dienone is 3. The van der Waals surface area contributed by atoms with Crippen LogP contribution in [0, 0.1) is 12.8 Å². The molecule has 26 heavy (non-hydrogen) atoms. The summed E-state index contributed by atoms with van der Waals surface area (Å²) in [5.74, 6) is -1.53. The number of carbonyl (C=O) groups excluding carboxylic acids is 3. The van der Waals surface area contributed by atoms with E-state index < -0.39 is 5.97 Å². The van der Waals surface area contributed by atoms with Crippen molar-refractivity contribution < 1.29 is 19.1 Å². The molecule has 4 heteroatoms. The molecular weight excluding hydrogens is 328 g/mol. The molecule has 0 bridgehead atoms. The van der Waals surface area contributed by atoms with Gasteiger partial charge in [0, 0.05) is 23.6 Å². The standard InChI is InChI=1S/C22H26O4/c1-12(2)8-7-9-16-14(5)10-11-17-19(16)21(25)22(26-15(6)23)18(13(3)4)20(17)24/h10-11,13H,1,7-9H2,2-6H3. The van der Waals surface area contributed by atoms with E-state index in [2.05, 4.69) is 6.58 Å². The molecule has 0 saturated carbocycles. The fourth-order valence-electron chi connectivity index (χ4n) is 3.34. The Hall–Kier alpha value is -2.49. The summed E-state index contributed by atoms with van der Waals surface area (Å²) < 4.78 is 5.20. The third kappa shape index (κ3) is 3.85. The molecule has 0 atom stereocenters. The lowest BCUT2D eigenvalue weighted by molar-refractivity contribution is -0.136. The first kappa shape index (κ1) is 19.8. The topological polar surface area (TPSA) is 60.4 Å². The molecule has 0 spiro atoms. The third-order valence-corrected chi connectivity index (χ3v) is 4.57. The Bertz CT molecular complexity index is 825. The van der Waals surface area contributed by atoms with Gasteiger partial charge in [0.2, 0.25) is 5.78 Å². The molecule has 0 amide bonds. The number of Topliss-reactive ketones (excluding diaryl/α,β-unsaturated/α-hetero) is 2. The van der Waals surface area contributed by atoms with Crippen LogP contribution < -0.4 is 0 Å². The van der Waals surface area contributed by atoms with E-state index in [4.69, 9.17) is 4.74 Å². The quantitative estimate of drug-likeness (QED) is 0.546. The summed E-state index contributed by atoms with van der Waals surface area (Å²) in [6.07, 6.45) is 2.37. The predicted molar refractivity (Wildman–Crippen MR) is 101 cm³/mol. The summed E-state index contributed by atoms with van der Waals surface area (Å²) >= 11 is 0. The van der Waals surface area contributed by atoms with Crippen LogP contribution in [0.1, 0.15) is 72.4 Å². The van der Waals surface area contributed by atoms with Gasteiger partial charge in [-0.05, 0) is 50.2 Å². The zero-order valence-corrected chi connectivity index (χ0v) is 16.2. The normalized spacial score (nSPS) is 13.9. The summed E-state index contributed by atoms with van der Waals surface area (Å²) in [6.45, 7) is 12.7. The van der Waals surface area contributed by atoms with Gasteiger partial charge in [0.25, 0.3) is 0 Å². The summed E-state index contributed by atoms with van der Waals surface area (Å²) in [5.41, 5.74) is 3.96. The summed E-state index contributed by atoms with van der Waals surface area (Å²) in [7, 11) is 0. The van der Waals surface area contributed by atoms with Crippen molar-refractivity contribution in [3.05, 3.63) is 57.9 Å². The molecule has 0 fully saturated rings. The lowest BCUT2D eigenvalue weighted by Gasteiger charge is -2.25. The van der Waals surface area contributed by atoms with E-state index >= 15 is 0 Å². The van der Waals surface area contributed by atoms with Gasteiger partial charge in [-0.2, -0.15) is 0 Å². The number of ketones is 2. The molecule has 4 nitrogen and oxygen atoms in total. The van der Waals surface area contributed by atoms with Crippen molar-refractivity contribution in [2.75, 3.05) is 0 Å². The number of fused-ring (bicyclic) bond motifs is 1. The minimum absolute atomic E-state index is 0.114. The van der Waals surface area contributed by atoms with Gasteiger partial charge >= 0.3 is 5.97 Å². The smallest absolute Gasteiger partial charge is 0.308 e. The molecule has 1 aliphatic carbocycles. The highest BCUT2D eigenvalue weighted by molar-refractivity contribution is 6.27. The van der Waals surface area contributed by atoms with Crippen LogP contribution in [-0.2, 0) is 16.0 Å². The highest BCUT2D eigenvalue weighted by Gasteiger charge is 2.37. The molecule has 0 heterocycles. The largest absolute Gasteiger partial charge is 0.422 e. The molecule has 1 aromatic rings. The average molecular weight is 354 g/mol.